The number of rotatable bonds is 3. The van der Waals surface area contributed by atoms with E-state index in [2.05, 4.69) is 4.98 Å². The molecule has 1 atom stereocenters. The molecule has 0 spiro atoms. The van der Waals surface area contributed by atoms with Gasteiger partial charge in [-0.25, -0.2) is 4.39 Å². The van der Waals surface area contributed by atoms with Gasteiger partial charge in [-0.15, -0.1) is 0 Å². The standard InChI is InChI=1S/C24H18ClFN2O3/c1-13-10-15(5-7-18(13)26)22(29)20-21(16-4-3-9-27-12-16)28(24(31)23(20)30)19-8-6-17(25)11-14(19)2/h3-12,21,29H,1-2H3/b22-20+. The number of carbonyl (C=O) groups is 2. The Hall–Kier alpha value is -3.51. The number of aryl methyl sites for hydroxylation is 2. The van der Waals surface area contributed by atoms with Crippen LogP contribution in [0.2, 0.25) is 5.02 Å². The van der Waals surface area contributed by atoms with Crippen molar-refractivity contribution in [2.24, 2.45) is 0 Å². The molecule has 156 valence electrons. The van der Waals surface area contributed by atoms with Crippen molar-refractivity contribution in [2.75, 3.05) is 4.90 Å². The summed E-state index contributed by atoms with van der Waals surface area (Å²) in [5.74, 6) is -2.41. The number of amides is 1. The fourth-order valence-corrected chi connectivity index (χ4v) is 4.00. The molecule has 1 aliphatic rings. The van der Waals surface area contributed by atoms with Crippen LogP contribution in [0.25, 0.3) is 5.76 Å². The second-order valence-electron chi connectivity index (χ2n) is 7.35. The number of aliphatic hydroxyl groups excluding tert-OH is 1. The van der Waals surface area contributed by atoms with Crippen molar-refractivity contribution in [3.63, 3.8) is 0 Å². The molecule has 7 heteroatoms. The van der Waals surface area contributed by atoms with Crippen LogP contribution in [-0.4, -0.2) is 21.8 Å². The lowest BCUT2D eigenvalue weighted by molar-refractivity contribution is -0.132. The number of benzene rings is 2. The van der Waals surface area contributed by atoms with Gasteiger partial charge in [0.05, 0.1) is 11.6 Å². The van der Waals surface area contributed by atoms with Crippen molar-refractivity contribution in [3.8, 4) is 0 Å². The number of halogens is 2. The molecule has 1 aliphatic heterocycles. The summed E-state index contributed by atoms with van der Waals surface area (Å²) >= 11 is 6.07. The topological polar surface area (TPSA) is 70.5 Å². The van der Waals surface area contributed by atoms with E-state index in [0.717, 1.165) is 0 Å². The van der Waals surface area contributed by atoms with Crippen LogP contribution in [0.15, 0.2) is 66.5 Å². The molecule has 1 saturated heterocycles. The van der Waals surface area contributed by atoms with E-state index in [4.69, 9.17) is 11.6 Å². The van der Waals surface area contributed by atoms with E-state index >= 15 is 0 Å². The van der Waals surface area contributed by atoms with Gasteiger partial charge in [0.2, 0.25) is 0 Å². The maximum absolute atomic E-state index is 13.7. The van der Waals surface area contributed by atoms with E-state index in [9.17, 15) is 19.1 Å². The van der Waals surface area contributed by atoms with E-state index in [1.807, 2.05) is 0 Å². The van der Waals surface area contributed by atoms with Gasteiger partial charge < -0.3 is 5.11 Å². The number of pyridine rings is 1. The third-order valence-electron chi connectivity index (χ3n) is 5.29. The van der Waals surface area contributed by atoms with Crippen LogP contribution in [0.1, 0.15) is 28.3 Å². The highest BCUT2D eigenvalue weighted by Crippen LogP contribution is 2.43. The van der Waals surface area contributed by atoms with Crippen LogP contribution in [-0.2, 0) is 9.59 Å². The number of Topliss-reactive ketones (excluding diaryl/α,β-unsaturated/α-hetero) is 1. The summed E-state index contributed by atoms with van der Waals surface area (Å²) in [5, 5.41) is 11.5. The fourth-order valence-electron chi connectivity index (χ4n) is 3.77. The lowest BCUT2D eigenvalue weighted by atomic mass is 9.95. The van der Waals surface area contributed by atoms with Gasteiger partial charge in [-0.2, -0.15) is 0 Å². The summed E-state index contributed by atoms with van der Waals surface area (Å²) in [4.78, 5) is 31.7. The molecule has 1 amide bonds. The van der Waals surface area contributed by atoms with Gasteiger partial charge in [-0.05, 0) is 73.0 Å². The second-order valence-corrected chi connectivity index (χ2v) is 7.79. The van der Waals surface area contributed by atoms with E-state index in [-0.39, 0.29) is 16.9 Å². The first-order valence-electron chi connectivity index (χ1n) is 9.53. The molecule has 4 rings (SSSR count). The Morgan fingerprint density at radius 3 is 2.52 bits per heavy atom. The maximum Gasteiger partial charge on any atom is 0.300 e. The number of ketones is 1. The van der Waals surface area contributed by atoms with Crippen molar-refractivity contribution >= 4 is 34.7 Å². The number of aliphatic hydroxyl groups is 1. The second kappa shape index (κ2) is 7.96. The smallest absolute Gasteiger partial charge is 0.300 e. The monoisotopic (exact) mass is 436 g/mol. The zero-order valence-electron chi connectivity index (χ0n) is 16.8. The Kier molecular flexibility index (Phi) is 5.33. The summed E-state index contributed by atoms with van der Waals surface area (Å²) in [6.07, 6.45) is 3.12. The van der Waals surface area contributed by atoms with Crippen LogP contribution < -0.4 is 4.90 Å². The fraction of sp³-hybridized carbons (Fsp3) is 0.125. The summed E-state index contributed by atoms with van der Waals surface area (Å²) < 4.78 is 13.7. The average Bonchev–Trinajstić information content (AvgIpc) is 3.01. The molecule has 0 bridgehead atoms. The Bertz CT molecular complexity index is 1240. The first-order valence-corrected chi connectivity index (χ1v) is 9.91. The summed E-state index contributed by atoms with van der Waals surface area (Å²) in [6, 6.07) is 11.5. The number of nitrogens with zero attached hydrogens (tertiary/aromatic N) is 2. The van der Waals surface area contributed by atoms with Crippen LogP contribution in [0.5, 0.6) is 0 Å². The molecule has 2 heterocycles. The number of hydrogen-bond acceptors (Lipinski definition) is 4. The highest BCUT2D eigenvalue weighted by molar-refractivity contribution is 6.51. The van der Waals surface area contributed by atoms with Crippen LogP contribution >= 0.6 is 11.6 Å². The minimum atomic E-state index is -0.904. The number of carbonyl (C=O) groups excluding carboxylic acids is 2. The SMILES string of the molecule is Cc1cc(/C(O)=C2\C(=O)C(=O)N(c3ccc(Cl)cc3C)C2c2cccnc2)ccc1F. The highest BCUT2D eigenvalue weighted by atomic mass is 35.5. The Morgan fingerprint density at radius 2 is 1.87 bits per heavy atom. The number of aromatic nitrogens is 1. The summed E-state index contributed by atoms with van der Waals surface area (Å²) in [5.41, 5.74) is 2.22. The molecule has 1 aromatic heterocycles. The molecular weight excluding hydrogens is 419 g/mol. The molecule has 1 fully saturated rings. The lowest BCUT2D eigenvalue weighted by Gasteiger charge is -2.26. The zero-order chi connectivity index (χ0) is 22.3. The molecule has 1 unspecified atom stereocenters. The Balaban J connectivity index is 1.97. The molecule has 0 radical (unpaired) electrons. The molecule has 2 aromatic carbocycles. The van der Waals surface area contributed by atoms with Crippen molar-refractivity contribution in [1.82, 2.24) is 4.98 Å². The van der Waals surface area contributed by atoms with Gasteiger partial charge in [-0.3, -0.25) is 19.5 Å². The summed E-state index contributed by atoms with van der Waals surface area (Å²) in [6.45, 7) is 3.34. The van der Waals surface area contributed by atoms with Gasteiger partial charge in [0, 0.05) is 28.7 Å². The number of anilines is 1. The lowest BCUT2D eigenvalue weighted by Crippen LogP contribution is -2.30. The Morgan fingerprint density at radius 1 is 1.10 bits per heavy atom. The molecule has 0 saturated carbocycles. The minimum Gasteiger partial charge on any atom is -0.507 e. The molecular formula is C24H18ClFN2O3. The minimum absolute atomic E-state index is 0.0849. The van der Waals surface area contributed by atoms with Gasteiger partial charge in [0.25, 0.3) is 11.7 Å². The predicted molar refractivity (Wildman–Crippen MR) is 116 cm³/mol. The van der Waals surface area contributed by atoms with Crippen molar-refractivity contribution in [3.05, 3.63) is 99.6 Å². The molecule has 5 nitrogen and oxygen atoms in total. The third-order valence-corrected chi connectivity index (χ3v) is 5.53. The quantitative estimate of drug-likeness (QED) is 0.351. The first kappa shape index (κ1) is 20.8. The van der Waals surface area contributed by atoms with Gasteiger partial charge in [0.1, 0.15) is 11.6 Å². The zero-order valence-corrected chi connectivity index (χ0v) is 17.5. The van der Waals surface area contributed by atoms with Crippen LogP contribution in [0.3, 0.4) is 0 Å². The van der Waals surface area contributed by atoms with E-state index in [1.54, 1.807) is 50.4 Å². The van der Waals surface area contributed by atoms with E-state index in [0.29, 0.717) is 27.4 Å². The van der Waals surface area contributed by atoms with Crippen LogP contribution in [0, 0.1) is 19.7 Å². The van der Waals surface area contributed by atoms with Gasteiger partial charge >= 0.3 is 0 Å². The van der Waals surface area contributed by atoms with Crippen molar-refractivity contribution in [1.29, 1.82) is 0 Å². The predicted octanol–water partition coefficient (Wildman–Crippen LogP) is 5.12. The molecule has 0 aliphatic carbocycles. The molecule has 1 N–H and O–H groups in total. The van der Waals surface area contributed by atoms with E-state index in [1.165, 1.54) is 29.3 Å². The normalized spacial score (nSPS) is 17.9. The average molecular weight is 437 g/mol. The largest absolute Gasteiger partial charge is 0.507 e. The van der Waals surface area contributed by atoms with Crippen molar-refractivity contribution < 1.29 is 19.1 Å². The summed E-state index contributed by atoms with van der Waals surface area (Å²) in [7, 11) is 0. The van der Waals surface area contributed by atoms with Crippen LogP contribution in [0.4, 0.5) is 10.1 Å². The molecule has 31 heavy (non-hydrogen) atoms. The van der Waals surface area contributed by atoms with Gasteiger partial charge in [-0.1, -0.05) is 17.7 Å². The van der Waals surface area contributed by atoms with E-state index < -0.39 is 23.5 Å². The maximum atomic E-state index is 13.7. The first-order chi connectivity index (χ1) is 14.8. The third kappa shape index (κ3) is 3.59. The Labute approximate surface area is 183 Å². The highest BCUT2D eigenvalue weighted by Gasteiger charge is 2.47. The van der Waals surface area contributed by atoms with Gasteiger partial charge in [0.15, 0.2) is 0 Å². The molecule has 3 aromatic rings. The van der Waals surface area contributed by atoms with Crippen molar-refractivity contribution in [2.45, 2.75) is 19.9 Å². The number of hydrogen-bond donors (Lipinski definition) is 1.